The third kappa shape index (κ3) is 6.27. The first kappa shape index (κ1) is 24.0. The minimum Gasteiger partial charge on any atom is -0.486 e. The largest absolute Gasteiger partial charge is 0.486 e. The van der Waals surface area contributed by atoms with Crippen molar-refractivity contribution in [3.8, 4) is 5.75 Å². The molecule has 3 aromatic rings. The number of carbonyl (C=O) groups excluding carboxylic acids is 1. The Kier molecular flexibility index (Phi) is 7.91. The monoisotopic (exact) mass is 562 g/mol. The minimum atomic E-state index is -0.254. The van der Waals surface area contributed by atoms with Crippen molar-refractivity contribution in [2.45, 2.75) is 25.4 Å². The van der Waals surface area contributed by atoms with Crippen molar-refractivity contribution in [3.05, 3.63) is 96.8 Å². The van der Waals surface area contributed by atoms with Gasteiger partial charge in [0.05, 0.1) is 15.0 Å². The number of ether oxygens (including phenoxy) is 1. The molecule has 1 amide bonds. The van der Waals surface area contributed by atoms with Gasteiger partial charge in [-0.1, -0.05) is 82.1 Å². The molecule has 1 aliphatic heterocycles. The molecule has 0 aliphatic carbocycles. The van der Waals surface area contributed by atoms with Gasteiger partial charge in [0.2, 0.25) is 0 Å². The zero-order valence-corrected chi connectivity index (χ0v) is 21.6. The SMILES string of the molecule is CCc1ccc(N[C@@H]2NC(=O)/C(=C/c3cc(Cl)c(OCc4ccc(Br)cc4)c(Cl)c3)S2)cc1. The fourth-order valence-electron chi connectivity index (χ4n) is 3.24. The molecule has 3 aromatic carbocycles. The van der Waals surface area contributed by atoms with Crippen LogP contribution in [0.3, 0.4) is 0 Å². The number of carbonyl (C=O) groups is 1. The minimum absolute atomic E-state index is 0.148. The van der Waals surface area contributed by atoms with Crippen molar-refractivity contribution in [1.82, 2.24) is 5.32 Å². The number of amides is 1. The number of rotatable bonds is 7. The van der Waals surface area contributed by atoms with E-state index >= 15 is 0 Å². The Balaban J connectivity index is 1.43. The Morgan fingerprint density at radius 3 is 2.33 bits per heavy atom. The summed E-state index contributed by atoms with van der Waals surface area (Å²) < 4.78 is 6.85. The van der Waals surface area contributed by atoms with Crippen LogP contribution in [0.5, 0.6) is 5.75 Å². The molecule has 4 nitrogen and oxygen atoms in total. The van der Waals surface area contributed by atoms with Crippen LogP contribution in [0.25, 0.3) is 6.08 Å². The average molecular weight is 564 g/mol. The van der Waals surface area contributed by atoms with Crippen LogP contribution in [0.4, 0.5) is 5.69 Å². The van der Waals surface area contributed by atoms with E-state index < -0.39 is 0 Å². The fourth-order valence-corrected chi connectivity index (χ4v) is 5.10. The Hall–Kier alpha value is -2.12. The summed E-state index contributed by atoms with van der Waals surface area (Å²) in [4.78, 5) is 13.0. The molecule has 170 valence electrons. The lowest BCUT2D eigenvalue weighted by atomic mass is 10.1. The number of anilines is 1. The van der Waals surface area contributed by atoms with Gasteiger partial charge in [-0.15, -0.1) is 0 Å². The quantitative estimate of drug-likeness (QED) is 0.292. The highest BCUT2D eigenvalue weighted by molar-refractivity contribution is 9.10. The fraction of sp³-hybridized carbons (Fsp3) is 0.160. The van der Waals surface area contributed by atoms with Crippen LogP contribution in [0.1, 0.15) is 23.6 Å². The number of nitrogens with one attached hydrogen (secondary N) is 2. The zero-order valence-electron chi connectivity index (χ0n) is 17.7. The molecule has 33 heavy (non-hydrogen) atoms. The molecule has 8 heteroatoms. The van der Waals surface area contributed by atoms with Crippen molar-refractivity contribution in [2.24, 2.45) is 0 Å². The van der Waals surface area contributed by atoms with Crippen LogP contribution in [0.2, 0.25) is 10.0 Å². The number of aryl methyl sites for hydroxylation is 1. The highest BCUT2D eigenvalue weighted by atomic mass is 79.9. The Morgan fingerprint density at radius 1 is 1.06 bits per heavy atom. The van der Waals surface area contributed by atoms with Crippen LogP contribution >= 0.6 is 50.9 Å². The summed E-state index contributed by atoms with van der Waals surface area (Å²) >= 11 is 17.7. The van der Waals surface area contributed by atoms with Gasteiger partial charge in [0.1, 0.15) is 6.61 Å². The molecule has 1 atom stereocenters. The van der Waals surface area contributed by atoms with E-state index in [2.05, 4.69) is 45.6 Å². The lowest BCUT2D eigenvalue weighted by Gasteiger charge is -2.13. The summed E-state index contributed by atoms with van der Waals surface area (Å²) in [7, 11) is 0. The van der Waals surface area contributed by atoms with Crippen molar-refractivity contribution < 1.29 is 9.53 Å². The van der Waals surface area contributed by atoms with Crippen LogP contribution in [0, 0.1) is 0 Å². The van der Waals surface area contributed by atoms with E-state index in [1.54, 1.807) is 18.2 Å². The van der Waals surface area contributed by atoms with Gasteiger partial charge in [-0.25, -0.2) is 0 Å². The Bertz CT molecular complexity index is 1160. The van der Waals surface area contributed by atoms with Gasteiger partial charge in [0.25, 0.3) is 5.91 Å². The second kappa shape index (κ2) is 10.9. The zero-order chi connectivity index (χ0) is 23.4. The second-order valence-electron chi connectivity index (χ2n) is 7.40. The molecule has 0 bridgehead atoms. The Morgan fingerprint density at radius 2 is 1.70 bits per heavy atom. The maximum atomic E-state index is 12.5. The third-order valence-corrected chi connectivity index (χ3v) is 7.12. The molecule has 1 saturated heterocycles. The predicted molar refractivity (Wildman–Crippen MR) is 142 cm³/mol. The molecule has 0 spiro atoms. The second-order valence-corrected chi connectivity index (χ2v) is 10.3. The predicted octanol–water partition coefficient (Wildman–Crippen LogP) is 7.50. The third-order valence-electron chi connectivity index (χ3n) is 5.01. The van der Waals surface area contributed by atoms with Gasteiger partial charge in [-0.05, 0) is 65.6 Å². The van der Waals surface area contributed by atoms with E-state index in [0.29, 0.717) is 27.3 Å². The molecular formula is C25H21BrCl2N2O2S. The molecule has 1 heterocycles. The summed E-state index contributed by atoms with van der Waals surface area (Å²) in [6, 6.07) is 19.5. The normalized spacial score (nSPS) is 16.7. The van der Waals surface area contributed by atoms with Gasteiger partial charge < -0.3 is 15.4 Å². The van der Waals surface area contributed by atoms with E-state index in [1.165, 1.54) is 17.3 Å². The van der Waals surface area contributed by atoms with Gasteiger partial charge >= 0.3 is 0 Å². The van der Waals surface area contributed by atoms with Crippen molar-refractivity contribution >= 4 is 68.6 Å². The van der Waals surface area contributed by atoms with Gasteiger partial charge in [0, 0.05) is 10.2 Å². The van der Waals surface area contributed by atoms with E-state index in [9.17, 15) is 4.79 Å². The number of thioether (sulfide) groups is 1. The van der Waals surface area contributed by atoms with E-state index in [-0.39, 0.29) is 11.4 Å². The summed E-state index contributed by atoms with van der Waals surface area (Å²) in [6.07, 6.45) is 2.76. The van der Waals surface area contributed by atoms with Crippen molar-refractivity contribution in [2.75, 3.05) is 5.32 Å². The van der Waals surface area contributed by atoms with Gasteiger partial charge in [-0.3, -0.25) is 4.79 Å². The molecule has 1 aliphatic rings. The maximum absolute atomic E-state index is 12.5. The van der Waals surface area contributed by atoms with Gasteiger partial charge in [0.15, 0.2) is 11.2 Å². The first-order valence-electron chi connectivity index (χ1n) is 10.3. The first-order valence-corrected chi connectivity index (χ1v) is 12.7. The lowest BCUT2D eigenvalue weighted by Crippen LogP contribution is -2.30. The summed E-state index contributed by atoms with van der Waals surface area (Å²) in [6.45, 7) is 2.46. The lowest BCUT2D eigenvalue weighted by molar-refractivity contribution is -0.116. The molecule has 1 fully saturated rings. The number of benzene rings is 3. The Labute approximate surface area is 215 Å². The van der Waals surface area contributed by atoms with E-state index in [0.717, 1.165) is 27.7 Å². The molecule has 0 radical (unpaired) electrons. The van der Waals surface area contributed by atoms with Crippen LogP contribution < -0.4 is 15.4 Å². The molecule has 2 N–H and O–H groups in total. The van der Waals surface area contributed by atoms with E-state index in [1.807, 2.05) is 36.4 Å². The van der Waals surface area contributed by atoms with Crippen LogP contribution in [-0.4, -0.2) is 11.4 Å². The molecule has 4 rings (SSSR count). The van der Waals surface area contributed by atoms with Gasteiger partial charge in [-0.2, -0.15) is 0 Å². The maximum Gasteiger partial charge on any atom is 0.260 e. The molecule has 0 aromatic heterocycles. The molecule has 0 unspecified atom stereocenters. The summed E-state index contributed by atoms with van der Waals surface area (Å²) in [5.41, 5.74) is 3.69. The van der Waals surface area contributed by atoms with E-state index in [4.69, 9.17) is 27.9 Å². The number of halogens is 3. The summed E-state index contributed by atoms with van der Waals surface area (Å²) in [5, 5.41) is 7.03. The topological polar surface area (TPSA) is 50.4 Å². The number of hydrogen-bond donors (Lipinski definition) is 2. The number of hydrogen-bond acceptors (Lipinski definition) is 4. The average Bonchev–Trinajstić information content (AvgIpc) is 3.13. The smallest absolute Gasteiger partial charge is 0.260 e. The van der Waals surface area contributed by atoms with Crippen LogP contribution in [-0.2, 0) is 17.8 Å². The molecule has 0 saturated carbocycles. The van der Waals surface area contributed by atoms with Crippen LogP contribution in [0.15, 0.2) is 70.0 Å². The highest BCUT2D eigenvalue weighted by Crippen LogP contribution is 2.37. The highest BCUT2D eigenvalue weighted by Gasteiger charge is 2.27. The van der Waals surface area contributed by atoms with Crippen molar-refractivity contribution in [1.29, 1.82) is 0 Å². The summed E-state index contributed by atoms with van der Waals surface area (Å²) in [5.74, 6) is 0.271. The van der Waals surface area contributed by atoms with Crippen molar-refractivity contribution in [3.63, 3.8) is 0 Å². The molecular weight excluding hydrogens is 543 g/mol. The first-order chi connectivity index (χ1) is 15.9. The standard InChI is InChI=1S/C25H21BrCl2N2O2S/c1-2-15-5-9-19(10-6-15)29-25-30-24(31)22(33-25)13-17-11-20(27)23(21(28)12-17)32-14-16-3-7-18(26)8-4-16/h3-13,25,29H,2,14H2,1H3,(H,30,31)/b22-13-/t25-/m1/s1.